The van der Waals surface area contributed by atoms with Crippen molar-refractivity contribution in [2.45, 2.75) is 49.8 Å². The van der Waals surface area contributed by atoms with E-state index in [9.17, 15) is 8.42 Å². The SMILES string of the molecule is CCNC1CCC(S(=O)(=O)c2ccccc2C)C1C. The number of nitrogens with one attached hydrogen (secondary N) is 1. The molecule has 1 aromatic carbocycles. The van der Waals surface area contributed by atoms with Crippen LogP contribution < -0.4 is 5.32 Å². The zero-order chi connectivity index (χ0) is 14.0. The summed E-state index contributed by atoms with van der Waals surface area (Å²) in [4.78, 5) is 0.504. The van der Waals surface area contributed by atoms with E-state index in [0.29, 0.717) is 10.9 Å². The quantitative estimate of drug-likeness (QED) is 0.922. The minimum absolute atomic E-state index is 0.171. The van der Waals surface area contributed by atoms with E-state index in [1.807, 2.05) is 19.1 Å². The molecule has 0 spiro atoms. The Morgan fingerprint density at radius 1 is 1.26 bits per heavy atom. The molecule has 1 aliphatic carbocycles. The van der Waals surface area contributed by atoms with E-state index in [-0.39, 0.29) is 11.2 Å². The van der Waals surface area contributed by atoms with Crippen molar-refractivity contribution in [3.8, 4) is 0 Å². The molecule has 0 heterocycles. The van der Waals surface area contributed by atoms with Crippen LogP contribution in [0.4, 0.5) is 0 Å². The van der Waals surface area contributed by atoms with Crippen molar-refractivity contribution in [2.24, 2.45) is 5.92 Å². The second-order valence-electron chi connectivity index (χ2n) is 5.45. The average molecular weight is 281 g/mol. The highest BCUT2D eigenvalue weighted by Crippen LogP contribution is 2.35. The van der Waals surface area contributed by atoms with Crippen LogP contribution in [0, 0.1) is 12.8 Å². The molecule has 2 rings (SSSR count). The molecule has 3 unspecified atom stereocenters. The maximum absolute atomic E-state index is 12.8. The summed E-state index contributed by atoms with van der Waals surface area (Å²) < 4.78 is 25.6. The Balaban J connectivity index is 2.29. The molecule has 1 saturated carbocycles. The van der Waals surface area contributed by atoms with Crippen LogP contribution in [-0.2, 0) is 9.84 Å². The molecular formula is C15H23NO2S. The number of hydrogen-bond acceptors (Lipinski definition) is 3. The second kappa shape index (κ2) is 5.63. The number of sulfone groups is 1. The van der Waals surface area contributed by atoms with Gasteiger partial charge in [-0.25, -0.2) is 8.42 Å². The van der Waals surface area contributed by atoms with E-state index in [0.717, 1.165) is 24.9 Å². The topological polar surface area (TPSA) is 46.2 Å². The van der Waals surface area contributed by atoms with Crippen LogP contribution in [0.25, 0.3) is 0 Å². The molecule has 3 nitrogen and oxygen atoms in total. The first-order chi connectivity index (χ1) is 8.98. The Morgan fingerprint density at radius 3 is 2.58 bits per heavy atom. The van der Waals surface area contributed by atoms with Gasteiger partial charge in [0.25, 0.3) is 0 Å². The van der Waals surface area contributed by atoms with E-state index in [1.54, 1.807) is 12.1 Å². The third kappa shape index (κ3) is 2.70. The predicted molar refractivity (Wildman–Crippen MR) is 78.0 cm³/mol. The standard InChI is InChI=1S/C15H23NO2S/c1-4-16-13-9-10-15(12(13)3)19(17,18)14-8-6-5-7-11(14)2/h5-8,12-13,15-16H,4,9-10H2,1-3H3. The normalized spacial score (nSPS) is 27.6. The highest BCUT2D eigenvalue weighted by atomic mass is 32.2. The summed E-state index contributed by atoms with van der Waals surface area (Å²) in [5, 5.41) is 3.15. The van der Waals surface area contributed by atoms with Crippen molar-refractivity contribution in [3.63, 3.8) is 0 Å². The Morgan fingerprint density at radius 2 is 1.95 bits per heavy atom. The molecule has 1 N–H and O–H groups in total. The van der Waals surface area contributed by atoms with Gasteiger partial charge in [-0.15, -0.1) is 0 Å². The lowest BCUT2D eigenvalue weighted by molar-refractivity contribution is 0.433. The van der Waals surface area contributed by atoms with Crippen molar-refractivity contribution < 1.29 is 8.42 Å². The zero-order valence-corrected chi connectivity index (χ0v) is 12.7. The fourth-order valence-electron chi connectivity index (χ4n) is 3.16. The van der Waals surface area contributed by atoms with E-state index in [2.05, 4.69) is 19.2 Å². The number of benzene rings is 1. The number of rotatable bonds is 4. The second-order valence-corrected chi connectivity index (χ2v) is 7.58. The minimum Gasteiger partial charge on any atom is -0.314 e. The molecular weight excluding hydrogens is 258 g/mol. The van der Waals surface area contributed by atoms with Crippen LogP contribution in [0.5, 0.6) is 0 Å². The van der Waals surface area contributed by atoms with Gasteiger partial charge in [0.1, 0.15) is 0 Å². The average Bonchev–Trinajstić information content (AvgIpc) is 2.72. The van der Waals surface area contributed by atoms with Crippen LogP contribution in [0.15, 0.2) is 29.2 Å². The summed E-state index contributed by atoms with van der Waals surface area (Å²) in [7, 11) is -3.21. The van der Waals surface area contributed by atoms with E-state index >= 15 is 0 Å². The Bertz CT molecular complexity index is 539. The maximum Gasteiger partial charge on any atom is 0.181 e. The minimum atomic E-state index is -3.21. The van der Waals surface area contributed by atoms with E-state index in [1.165, 1.54) is 0 Å². The lowest BCUT2D eigenvalue weighted by Gasteiger charge is -2.22. The van der Waals surface area contributed by atoms with Crippen molar-refractivity contribution in [2.75, 3.05) is 6.54 Å². The van der Waals surface area contributed by atoms with Gasteiger partial charge in [0.2, 0.25) is 0 Å². The molecule has 106 valence electrons. The van der Waals surface area contributed by atoms with Crippen LogP contribution >= 0.6 is 0 Å². The smallest absolute Gasteiger partial charge is 0.181 e. The molecule has 0 bridgehead atoms. The Kier molecular flexibility index (Phi) is 4.31. The van der Waals surface area contributed by atoms with Gasteiger partial charge in [-0.2, -0.15) is 0 Å². The van der Waals surface area contributed by atoms with Crippen LogP contribution in [0.3, 0.4) is 0 Å². The van der Waals surface area contributed by atoms with E-state index in [4.69, 9.17) is 0 Å². The molecule has 19 heavy (non-hydrogen) atoms. The molecule has 1 fully saturated rings. The number of aryl methyl sites for hydroxylation is 1. The first kappa shape index (κ1) is 14.5. The highest BCUT2D eigenvalue weighted by molar-refractivity contribution is 7.92. The number of hydrogen-bond donors (Lipinski definition) is 1. The first-order valence-corrected chi connectivity index (χ1v) is 8.56. The Hall–Kier alpha value is -0.870. The summed E-state index contributed by atoms with van der Waals surface area (Å²) in [6.45, 7) is 6.89. The molecule has 0 aliphatic heterocycles. The molecule has 0 aromatic heterocycles. The molecule has 0 amide bonds. The van der Waals surface area contributed by atoms with Crippen molar-refractivity contribution >= 4 is 9.84 Å². The van der Waals surface area contributed by atoms with Gasteiger partial charge in [-0.05, 0) is 43.9 Å². The summed E-state index contributed by atoms with van der Waals surface area (Å²) in [5.41, 5.74) is 0.849. The van der Waals surface area contributed by atoms with Crippen LogP contribution in [0.1, 0.15) is 32.3 Å². The van der Waals surface area contributed by atoms with Gasteiger partial charge < -0.3 is 5.32 Å². The van der Waals surface area contributed by atoms with Gasteiger partial charge in [-0.3, -0.25) is 0 Å². The van der Waals surface area contributed by atoms with Crippen molar-refractivity contribution in [1.29, 1.82) is 0 Å². The summed E-state index contributed by atoms with van der Waals surface area (Å²) in [6.07, 6.45) is 1.71. The zero-order valence-electron chi connectivity index (χ0n) is 11.9. The third-order valence-electron chi connectivity index (χ3n) is 4.25. The highest BCUT2D eigenvalue weighted by Gasteiger charge is 2.41. The largest absolute Gasteiger partial charge is 0.314 e. The molecule has 0 radical (unpaired) electrons. The van der Waals surface area contributed by atoms with Crippen LogP contribution in [-0.4, -0.2) is 26.3 Å². The summed E-state index contributed by atoms with van der Waals surface area (Å²) in [6, 6.07) is 7.62. The van der Waals surface area contributed by atoms with Gasteiger partial charge >= 0.3 is 0 Å². The fraction of sp³-hybridized carbons (Fsp3) is 0.600. The molecule has 3 atom stereocenters. The van der Waals surface area contributed by atoms with Crippen molar-refractivity contribution in [3.05, 3.63) is 29.8 Å². The predicted octanol–water partition coefficient (Wildman–Crippen LogP) is 2.55. The van der Waals surface area contributed by atoms with E-state index < -0.39 is 9.84 Å². The third-order valence-corrected chi connectivity index (χ3v) is 6.78. The molecule has 4 heteroatoms. The monoisotopic (exact) mass is 281 g/mol. The van der Waals surface area contributed by atoms with Gasteiger partial charge in [-0.1, -0.05) is 32.0 Å². The van der Waals surface area contributed by atoms with Crippen molar-refractivity contribution in [1.82, 2.24) is 5.32 Å². The van der Waals surface area contributed by atoms with Gasteiger partial charge in [0.15, 0.2) is 9.84 Å². The fourth-order valence-corrected chi connectivity index (χ4v) is 5.47. The molecule has 1 aliphatic rings. The van der Waals surface area contributed by atoms with Gasteiger partial charge in [0, 0.05) is 6.04 Å². The lowest BCUT2D eigenvalue weighted by atomic mass is 10.1. The molecule has 1 aromatic rings. The first-order valence-electron chi connectivity index (χ1n) is 7.01. The summed E-state index contributed by atoms with van der Waals surface area (Å²) >= 11 is 0. The van der Waals surface area contributed by atoms with Gasteiger partial charge in [0.05, 0.1) is 10.1 Å². The maximum atomic E-state index is 12.8. The van der Waals surface area contributed by atoms with Crippen LogP contribution in [0.2, 0.25) is 0 Å². The molecule has 0 saturated heterocycles. The summed E-state index contributed by atoms with van der Waals surface area (Å²) in [5.74, 6) is 0.171. The lowest BCUT2D eigenvalue weighted by Crippen LogP contribution is -2.36. The Labute approximate surface area is 116 Å².